The Morgan fingerprint density at radius 1 is 1.22 bits per heavy atom. The second kappa shape index (κ2) is 5.54. The van der Waals surface area contributed by atoms with E-state index in [2.05, 4.69) is 4.90 Å². The highest BCUT2D eigenvalue weighted by Crippen LogP contribution is 2.22. The van der Waals surface area contributed by atoms with Crippen molar-refractivity contribution in [1.29, 1.82) is 0 Å². The molecule has 6 nitrogen and oxygen atoms in total. The van der Waals surface area contributed by atoms with E-state index < -0.39 is 16.0 Å². The number of carboxylic acids is 1. The summed E-state index contributed by atoms with van der Waals surface area (Å²) in [5.74, 6) is -1.34. The van der Waals surface area contributed by atoms with Crippen LogP contribution in [-0.4, -0.2) is 66.7 Å². The van der Waals surface area contributed by atoms with Crippen molar-refractivity contribution in [3.63, 3.8) is 0 Å². The van der Waals surface area contributed by atoms with E-state index in [9.17, 15) is 13.2 Å². The van der Waals surface area contributed by atoms with Gasteiger partial charge in [0, 0.05) is 19.1 Å². The smallest absolute Gasteiger partial charge is 0.304 e. The summed E-state index contributed by atoms with van der Waals surface area (Å²) >= 11 is 0. The Kier molecular flexibility index (Phi) is 4.24. The molecule has 2 heterocycles. The van der Waals surface area contributed by atoms with Gasteiger partial charge in [-0.1, -0.05) is 0 Å². The van der Waals surface area contributed by atoms with Gasteiger partial charge < -0.3 is 5.11 Å². The maximum Gasteiger partial charge on any atom is 0.304 e. The van der Waals surface area contributed by atoms with Crippen LogP contribution >= 0.6 is 0 Å². The van der Waals surface area contributed by atoms with Crippen LogP contribution in [0.3, 0.4) is 0 Å². The molecule has 0 amide bonds. The number of sulfonamides is 1. The molecule has 2 saturated heterocycles. The number of carboxylic acid groups (broad SMARTS) is 1. The molecule has 1 N–H and O–H groups in total. The Labute approximate surface area is 108 Å². The largest absolute Gasteiger partial charge is 0.481 e. The predicted molar refractivity (Wildman–Crippen MR) is 66.8 cm³/mol. The minimum Gasteiger partial charge on any atom is -0.481 e. The van der Waals surface area contributed by atoms with Crippen molar-refractivity contribution in [3.05, 3.63) is 0 Å². The second-order valence-corrected chi connectivity index (χ2v) is 7.09. The summed E-state index contributed by atoms with van der Waals surface area (Å²) in [5.41, 5.74) is 0. The van der Waals surface area contributed by atoms with Gasteiger partial charge >= 0.3 is 5.97 Å². The average Bonchev–Trinajstić information content (AvgIpc) is 2.64. The first kappa shape index (κ1) is 13.8. The van der Waals surface area contributed by atoms with E-state index >= 15 is 0 Å². The normalized spacial score (nSPS) is 26.8. The second-order valence-electron chi connectivity index (χ2n) is 5.00. The van der Waals surface area contributed by atoms with Gasteiger partial charge in [0.15, 0.2) is 0 Å². The molecule has 2 fully saturated rings. The van der Waals surface area contributed by atoms with Crippen molar-refractivity contribution in [2.75, 3.05) is 31.9 Å². The molecule has 1 atom stereocenters. The van der Waals surface area contributed by atoms with Gasteiger partial charge in [-0.25, -0.2) is 12.7 Å². The fourth-order valence-corrected chi connectivity index (χ4v) is 4.27. The summed E-state index contributed by atoms with van der Waals surface area (Å²) in [6.45, 7) is 3.07. The minimum atomic E-state index is -3.41. The molecule has 1 unspecified atom stereocenters. The molecule has 0 saturated carbocycles. The maximum absolute atomic E-state index is 12.1. The summed E-state index contributed by atoms with van der Waals surface area (Å²) in [6, 6.07) is 0.326. The molecule has 0 bridgehead atoms. The minimum absolute atomic E-state index is 0.283. The zero-order valence-corrected chi connectivity index (χ0v) is 11.2. The van der Waals surface area contributed by atoms with E-state index in [0.29, 0.717) is 19.1 Å². The number of rotatable bonds is 4. The zero-order chi connectivity index (χ0) is 13.2. The van der Waals surface area contributed by atoms with Gasteiger partial charge in [-0.15, -0.1) is 0 Å². The first-order chi connectivity index (χ1) is 8.49. The number of carbonyl (C=O) groups is 1. The van der Waals surface area contributed by atoms with E-state index in [4.69, 9.17) is 5.11 Å². The van der Waals surface area contributed by atoms with Crippen LogP contribution in [0.2, 0.25) is 0 Å². The van der Waals surface area contributed by atoms with Gasteiger partial charge in [0.1, 0.15) is 0 Å². The Hall–Kier alpha value is -0.660. The lowest BCUT2D eigenvalue weighted by Crippen LogP contribution is -2.40. The molecule has 0 aromatic carbocycles. The van der Waals surface area contributed by atoms with E-state index in [1.807, 2.05) is 0 Å². The fourth-order valence-electron chi connectivity index (χ4n) is 2.77. The van der Waals surface area contributed by atoms with Crippen LogP contribution in [0.5, 0.6) is 0 Å². The summed E-state index contributed by atoms with van der Waals surface area (Å²) in [7, 11) is -3.41. The summed E-state index contributed by atoms with van der Waals surface area (Å²) in [4.78, 5) is 12.8. The van der Waals surface area contributed by atoms with Crippen molar-refractivity contribution in [3.8, 4) is 0 Å². The number of nitrogens with zero attached hydrogens (tertiary/aromatic N) is 2. The molecule has 7 heteroatoms. The van der Waals surface area contributed by atoms with Crippen LogP contribution in [0.4, 0.5) is 0 Å². The lowest BCUT2D eigenvalue weighted by Gasteiger charge is -2.25. The molecule has 104 valence electrons. The van der Waals surface area contributed by atoms with E-state index in [-0.39, 0.29) is 12.2 Å². The van der Waals surface area contributed by atoms with Gasteiger partial charge in [-0.3, -0.25) is 9.69 Å². The van der Waals surface area contributed by atoms with Gasteiger partial charge in [0.2, 0.25) is 10.0 Å². The molecule has 0 aliphatic carbocycles. The predicted octanol–water partition coefficient (Wildman–Crippen LogP) is -0.0390. The maximum atomic E-state index is 12.1. The van der Waals surface area contributed by atoms with E-state index in [0.717, 1.165) is 32.4 Å². The average molecular weight is 276 g/mol. The third kappa shape index (κ3) is 3.21. The van der Waals surface area contributed by atoms with Crippen LogP contribution in [0.15, 0.2) is 0 Å². The summed E-state index contributed by atoms with van der Waals surface area (Å²) in [5, 5.41) is 8.59. The lowest BCUT2D eigenvalue weighted by atomic mass is 10.2. The van der Waals surface area contributed by atoms with E-state index in [1.165, 1.54) is 4.31 Å². The Balaban J connectivity index is 2.00. The van der Waals surface area contributed by atoms with E-state index in [1.54, 1.807) is 0 Å². The van der Waals surface area contributed by atoms with Gasteiger partial charge in [0.25, 0.3) is 0 Å². The van der Waals surface area contributed by atoms with Crippen LogP contribution in [0.1, 0.15) is 25.7 Å². The van der Waals surface area contributed by atoms with Crippen LogP contribution in [0, 0.1) is 0 Å². The van der Waals surface area contributed by atoms with Crippen molar-refractivity contribution < 1.29 is 18.3 Å². The topological polar surface area (TPSA) is 77.9 Å². The zero-order valence-electron chi connectivity index (χ0n) is 10.4. The molecule has 18 heavy (non-hydrogen) atoms. The molecular weight excluding hydrogens is 256 g/mol. The monoisotopic (exact) mass is 276 g/mol. The Morgan fingerprint density at radius 3 is 2.67 bits per heavy atom. The lowest BCUT2D eigenvalue weighted by molar-refractivity contribution is -0.136. The number of aliphatic carboxylic acids is 1. The van der Waals surface area contributed by atoms with Crippen molar-refractivity contribution in [2.24, 2.45) is 0 Å². The Morgan fingerprint density at radius 2 is 1.94 bits per heavy atom. The standard InChI is InChI=1S/C11H20N2O4S/c14-11(15)4-8-18(16,17)13-7-2-6-12-5-1-3-10(12)9-13/h10H,1-9H2,(H,14,15). The molecule has 0 aromatic rings. The van der Waals surface area contributed by atoms with Crippen LogP contribution in [0.25, 0.3) is 0 Å². The fraction of sp³-hybridized carbons (Fsp3) is 0.909. The molecule has 2 aliphatic heterocycles. The molecule has 0 spiro atoms. The van der Waals surface area contributed by atoms with Crippen molar-refractivity contribution in [2.45, 2.75) is 31.7 Å². The third-order valence-electron chi connectivity index (χ3n) is 3.73. The van der Waals surface area contributed by atoms with Gasteiger partial charge in [-0.2, -0.15) is 0 Å². The quantitative estimate of drug-likeness (QED) is 0.779. The highest BCUT2D eigenvalue weighted by Gasteiger charge is 2.33. The first-order valence-electron chi connectivity index (χ1n) is 6.43. The third-order valence-corrected chi connectivity index (χ3v) is 5.57. The number of hydrogen-bond acceptors (Lipinski definition) is 4. The van der Waals surface area contributed by atoms with Crippen molar-refractivity contribution >= 4 is 16.0 Å². The molecule has 2 rings (SSSR count). The van der Waals surface area contributed by atoms with Crippen LogP contribution < -0.4 is 0 Å². The molecule has 2 aliphatic rings. The molecule has 0 aromatic heterocycles. The Bertz CT molecular complexity index is 409. The highest BCUT2D eigenvalue weighted by atomic mass is 32.2. The van der Waals surface area contributed by atoms with Gasteiger partial charge in [-0.05, 0) is 32.4 Å². The van der Waals surface area contributed by atoms with Crippen LogP contribution in [-0.2, 0) is 14.8 Å². The SMILES string of the molecule is O=C(O)CCS(=O)(=O)N1CCCN2CCCC2C1. The number of fused-ring (bicyclic) bond motifs is 1. The molecular formula is C11H20N2O4S. The number of hydrogen-bond donors (Lipinski definition) is 1. The summed E-state index contributed by atoms with van der Waals surface area (Å²) < 4.78 is 25.6. The van der Waals surface area contributed by atoms with Gasteiger partial charge in [0.05, 0.1) is 12.2 Å². The summed E-state index contributed by atoms with van der Waals surface area (Å²) in [6.07, 6.45) is 2.70. The first-order valence-corrected chi connectivity index (χ1v) is 8.03. The highest BCUT2D eigenvalue weighted by molar-refractivity contribution is 7.89. The molecule has 0 radical (unpaired) electrons. The van der Waals surface area contributed by atoms with Crippen molar-refractivity contribution in [1.82, 2.24) is 9.21 Å².